The molecule has 0 unspecified atom stereocenters. The minimum atomic E-state index is 0.242. The summed E-state index contributed by atoms with van der Waals surface area (Å²) in [5.41, 5.74) is 1.39. The lowest BCUT2D eigenvalue weighted by molar-refractivity contribution is 0.441. The molecule has 5 heteroatoms. The van der Waals surface area contributed by atoms with Crippen LogP contribution in [0.2, 0.25) is 0 Å². The normalized spacial score (nSPS) is 16.6. The molecule has 1 saturated heterocycles. The first-order chi connectivity index (χ1) is 8.48. The maximum absolute atomic E-state index is 4.12. The third kappa shape index (κ3) is 3.32. The van der Waals surface area contributed by atoms with E-state index in [4.69, 9.17) is 0 Å². The topological polar surface area (TPSA) is 53.1 Å². The highest BCUT2D eigenvalue weighted by Gasteiger charge is 2.25. The molecule has 1 aromatic heterocycles. The van der Waals surface area contributed by atoms with Gasteiger partial charge in [0.15, 0.2) is 5.82 Å². The fourth-order valence-electron chi connectivity index (χ4n) is 1.84. The van der Waals surface area contributed by atoms with E-state index >= 15 is 0 Å². The Labute approximate surface area is 109 Å². The van der Waals surface area contributed by atoms with Crippen molar-refractivity contribution < 1.29 is 0 Å². The summed E-state index contributed by atoms with van der Waals surface area (Å²) in [5, 5.41) is 14.8. The minimum Gasteiger partial charge on any atom is -0.368 e. The van der Waals surface area contributed by atoms with Gasteiger partial charge >= 0.3 is 0 Å². The van der Waals surface area contributed by atoms with Gasteiger partial charge in [-0.2, -0.15) is 5.10 Å². The zero-order valence-corrected chi connectivity index (χ0v) is 11.7. The van der Waals surface area contributed by atoms with Gasteiger partial charge in [-0.05, 0) is 12.5 Å². The Hall–Kier alpha value is -1.36. The van der Waals surface area contributed by atoms with Crippen LogP contribution in [0.5, 0.6) is 0 Å². The fourth-order valence-corrected chi connectivity index (χ4v) is 1.84. The van der Waals surface area contributed by atoms with Crippen LogP contribution in [-0.4, -0.2) is 42.9 Å². The standard InChI is InChI=1S/C13H23N5/c1-13(2,3)9-15-12-5-11(6-16-17-12)18-7-10(8-18)14-4/h5-6,10,14H,7-9H2,1-4H3,(H,15,17). The molecule has 0 bridgehead atoms. The Morgan fingerprint density at radius 2 is 2.11 bits per heavy atom. The third-order valence-corrected chi connectivity index (χ3v) is 3.09. The van der Waals surface area contributed by atoms with Gasteiger partial charge < -0.3 is 15.5 Å². The maximum atomic E-state index is 4.12. The SMILES string of the molecule is CNC1CN(c2cnnc(NCC(C)(C)C)c2)C1. The van der Waals surface area contributed by atoms with E-state index in [1.165, 1.54) is 0 Å². The Kier molecular flexibility index (Phi) is 3.71. The predicted octanol–water partition coefficient (Wildman–Crippen LogP) is 1.34. The quantitative estimate of drug-likeness (QED) is 0.843. The largest absolute Gasteiger partial charge is 0.368 e. The van der Waals surface area contributed by atoms with Gasteiger partial charge in [-0.3, -0.25) is 0 Å². The molecule has 0 aliphatic carbocycles. The first-order valence-corrected chi connectivity index (χ1v) is 6.47. The maximum Gasteiger partial charge on any atom is 0.150 e. The molecule has 1 aliphatic heterocycles. The van der Waals surface area contributed by atoms with Gasteiger partial charge in [0.2, 0.25) is 0 Å². The highest BCUT2D eigenvalue weighted by molar-refractivity contribution is 5.54. The van der Waals surface area contributed by atoms with Gasteiger partial charge in [0.05, 0.1) is 11.9 Å². The zero-order chi connectivity index (χ0) is 13.2. The second-order valence-electron chi connectivity index (χ2n) is 6.10. The van der Waals surface area contributed by atoms with Crippen LogP contribution in [-0.2, 0) is 0 Å². The summed E-state index contributed by atoms with van der Waals surface area (Å²) in [7, 11) is 2.00. The molecule has 2 heterocycles. The number of rotatable bonds is 4. The Morgan fingerprint density at radius 1 is 1.39 bits per heavy atom. The molecule has 1 fully saturated rings. The molecule has 0 spiro atoms. The third-order valence-electron chi connectivity index (χ3n) is 3.09. The van der Waals surface area contributed by atoms with Crippen molar-refractivity contribution in [1.82, 2.24) is 15.5 Å². The lowest BCUT2D eigenvalue weighted by Gasteiger charge is -2.40. The lowest BCUT2D eigenvalue weighted by atomic mass is 9.97. The van der Waals surface area contributed by atoms with Crippen molar-refractivity contribution >= 4 is 11.5 Å². The number of likely N-dealkylation sites (N-methyl/N-ethyl adjacent to an activating group) is 1. The molecule has 1 aliphatic rings. The molecule has 18 heavy (non-hydrogen) atoms. The summed E-state index contributed by atoms with van der Waals surface area (Å²) in [6, 6.07) is 2.68. The zero-order valence-electron chi connectivity index (χ0n) is 11.7. The van der Waals surface area contributed by atoms with Gasteiger partial charge in [0.1, 0.15) is 0 Å². The van der Waals surface area contributed by atoms with Crippen molar-refractivity contribution in [2.45, 2.75) is 26.8 Å². The average Bonchev–Trinajstić information content (AvgIpc) is 2.25. The van der Waals surface area contributed by atoms with Crippen LogP contribution in [0.3, 0.4) is 0 Å². The summed E-state index contributed by atoms with van der Waals surface area (Å²) < 4.78 is 0. The summed E-state index contributed by atoms with van der Waals surface area (Å²) in [6.07, 6.45) is 1.83. The van der Waals surface area contributed by atoms with Gasteiger partial charge in [0, 0.05) is 31.7 Å². The minimum absolute atomic E-state index is 0.242. The van der Waals surface area contributed by atoms with E-state index in [-0.39, 0.29) is 5.41 Å². The molecule has 0 radical (unpaired) electrons. The number of anilines is 2. The van der Waals surface area contributed by atoms with Crippen LogP contribution < -0.4 is 15.5 Å². The average molecular weight is 249 g/mol. The summed E-state index contributed by atoms with van der Waals surface area (Å²) in [5.74, 6) is 0.857. The molecule has 2 rings (SSSR count). The van der Waals surface area contributed by atoms with Crippen LogP contribution in [0.1, 0.15) is 20.8 Å². The van der Waals surface area contributed by atoms with E-state index in [0.29, 0.717) is 6.04 Å². The first-order valence-electron chi connectivity index (χ1n) is 6.47. The van der Waals surface area contributed by atoms with Crippen LogP contribution in [0, 0.1) is 5.41 Å². The molecule has 100 valence electrons. The Bertz CT molecular complexity index is 393. The molecule has 0 aromatic carbocycles. The second kappa shape index (κ2) is 5.10. The van der Waals surface area contributed by atoms with Crippen molar-refractivity contribution in [3.63, 3.8) is 0 Å². The smallest absolute Gasteiger partial charge is 0.150 e. The molecule has 5 nitrogen and oxygen atoms in total. The van der Waals surface area contributed by atoms with Crippen LogP contribution in [0.15, 0.2) is 12.3 Å². The summed E-state index contributed by atoms with van der Waals surface area (Å²) >= 11 is 0. The molecule has 0 saturated carbocycles. The number of hydrogen-bond acceptors (Lipinski definition) is 5. The van der Waals surface area contributed by atoms with Gasteiger partial charge in [-0.15, -0.1) is 5.10 Å². The number of nitrogens with one attached hydrogen (secondary N) is 2. The van der Waals surface area contributed by atoms with E-state index in [1.807, 2.05) is 13.2 Å². The second-order valence-corrected chi connectivity index (χ2v) is 6.10. The summed E-state index contributed by atoms with van der Waals surface area (Å²) in [6.45, 7) is 9.57. The van der Waals surface area contributed by atoms with E-state index in [9.17, 15) is 0 Å². The van der Waals surface area contributed by atoms with Crippen molar-refractivity contribution in [1.29, 1.82) is 0 Å². The monoisotopic (exact) mass is 249 g/mol. The van der Waals surface area contributed by atoms with Crippen LogP contribution >= 0.6 is 0 Å². The number of hydrogen-bond donors (Lipinski definition) is 2. The van der Waals surface area contributed by atoms with Crippen LogP contribution in [0.4, 0.5) is 11.5 Å². The van der Waals surface area contributed by atoms with E-state index in [2.05, 4.69) is 52.6 Å². The van der Waals surface area contributed by atoms with Gasteiger partial charge in [0.25, 0.3) is 0 Å². The van der Waals surface area contributed by atoms with Crippen molar-refractivity contribution in [2.24, 2.45) is 5.41 Å². The van der Waals surface area contributed by atoms with Gasteiger partial charge in [-0.1, -0.05) is 20.8 Å². The molecule has 2 N–H and O–H groups in total. The Balaban J connectivity index is 1.94. The Morgan fingerprint density at radius 3 is 2.72 bits per heavy atom. The van der Waals surface area contributed by atoms with Crippen molar-refractivity contribution in [3.8, 4) is 0 Å². The molecular weight excluding hydrogens is 226 g/mol. The van der Waals surface area contributed by atoms with Gasteiger partial charge in [-0.25, -0.2) is 0 Å². The first kappa shape index (κ1) is 13.1. The molecule has 0 amide bonds. The molecule has 0 atom stereocenters. The number of aromatic nitrogens is 2. The lowest BCUT2D eigenvalue weighted by Crippen LogP contribution is -2.57. The van der Waals surface area contributed by atoms with Crippen LogP contribution in [0.25, 0.3) is 0 Å². The highest BCUT2D eigenvalue weighted by Crippen LogP contribution is 2.22. The number of nitrogens with zero attached hydrogens (tertiary/aromatic N) is 3. The fraction of sp³-hybridized carbons (Fsp3) is 0.692. The van der Waals surface area contributed by atoms with Crippen molar-refractivity contribution in [2.75, 3.05) is 36.9 Å². The predicted molar refractivity (Wildman–Crippen MR) is 75.0 cm³/mol. The van der Waals surface area contributed by atoms with Crippen molar-refractivity contribution in [3.05, 3.63) is 12.3 Å². The van der Waals surface area contributed by atoms with E-state index in [1.54, 1.807) is 0 Å². The van der Waals surface area contributed by atoms with E-state index < -0.39 is 0 Å². The summed E-state index contributed by atoms with van der Waals surface area (Å²) in [4.78, 5) is 2.30. The molecular formula is C13H23N5. The van der Waals surface area contributed by atoms with E-state index in [0.717, 1.165) is 31.1 Å². The highest BCUT2D eigenvalue weighted by atomic mass is 15.3. The molecule has 1 aromatic rings.